The molecule has 0 aliphatic heterocycles. The van der Waals surface area contributed by atoms with Crippen LogP contribution in [0.4, 0.5) is 4.79 Å². The second kappa shape index (κ2) is 8.97. The zero-order chi connectivity index (χ0) is 16.5. The summed E-state index contributed by atoms with van der Waals surface area (Å²) in [7, 11) is 0. The highest BCUT2D eigenvalue weighted by Gasteiger charge is 2.15. The number of hydrogen-bond acceptors (Lipinski definition) is 4. The Bertz CT molecular complexity index is 530. The Labute approximate surface area is 135 Å². The van der Waals surface area contributed by atoms with Gasteiger partial charge in [-0.2, -0.15) is 0 Å². The molecule has 1 saturated carbocycles. The van der Waals surface area contributed by atoms with Gasteiger partial charge in [0.25, 0.3) is 0 Å². The van der Waals surface area contributed by atoms with Gasteiger partial charge in [-0.05, 0) is 37.3 Å². The van der Waals surface area contributed by atoms with Crippen molar-refractivity contribution < 1.29 is 19.4 Å². The van der Waals surface area contributed by atoms with Gasteiger partial charge in [-0.1, -0.05) is 6.42 Å². The van der Waals surface area contributed by atoms with Crippen molar-refractivity contribution in [1.29, 1.82) is 0 Å². The Morgan fingerprint density at radius 2 is 2.04 bits per heavy atom. The average Bonchev–Trinajstić information content (AvgIpc) is 2.54. The van der Waals surface area contributed by atoms with Crippen LogP contribution in [0, 0.1) is 0 Å². The predicted octanol–water partition coefficient (Wildman–Crippen LogP) is 2.07. The van der Waals surface area contributed by atoms with Crippen LogP contribution >= 0.6 is 0 Å². The van der Waals surface area contributed by atoms with Gasteiger partial charge in [-0.15, -0.1) is 0 Å². The fourth-order valence-corrected chi connectivity index (χ4v) is 2.51. The Kier molecular flexibility index (Phi) is 6.65. The fourth-order valence-electron chi connectivity index (χ4n) is 2.51. The molecule has 7 nitrogen and oxygen atoms in total. The first-order valence-corrected chi connectivity index (χ1v) is 7.98. The van der Waals surface area contributed by atoms with Gasteiger partial charge in [-0.25, -0.2) is 9.78 Å². The van der Waals surface area contributed by atoms with E-state index >= 15 is 0 Å². The number of nitrogens with zero attached hydrogens (tertiary/aromatic N) is 1. The number of urea groups is 1. The molecule has 2 rings (SSSR count). The summed E-state index contributed by atoms with van der Waals surface area (Å²) in [5.74, 6) is -0.355. The van der Waals surface area contributed by atoms with Crippen molar-refractivity contribution in [2.45, 2.75) is 51.2 Å². The molecule has 0 radical (unpaired) electrons. The molecule has 1 heterocycles. The van der Waals surface area contributed by atoms with E-state index in [0.29, 0.717) is 12.4 Å². The van der Waals surface area contributed by atoms with E-state index in [0.717, 1.165) is 18.4 Å². The van der Waals surface area contributed by atoms with E-state index in [1.54, 1.807) is 6.20 Å². The predicted molar refractivity (Wildman–Crippen MR) is 84.2 cm³/mol. The summed E-state index contributed by atoms with van der Waals surface area (Å²) in [4.78, 5) is 26.1. The van der Waals surface area contributed by atoms with Gasteiger partial charge in [0, 0.05) is 25.4 Å². The lowest BCUT2D eigenvalue weighted by atomic mass is 9.98. The molecule has 0 atom stereocenters. The molecule has 7 heteroatoms. The molecule has 126 valence electrons. The van der Waals surface area contributed by atoms with E-state index in [9.17, 15) is 9.59 Å². The minimum atomic E-state index is -0.941. The number of carboxylic acids is 1. The van der Waals surface area contributed by atoms with Gasteiger partial charge in [0.05, 0.1) is 6.42 Å². The normalized spacial score (nSPS) is 15.0. The van der Waals surface area contributed by atoms with Crippen molar-refractivity contribution in [2.75, 3.05) is 6.54 Å². The van der Waals surface area contributed by atoms with E-state index in [1.165, 1.54) is 19.3 Å². The minimum absolute atomic E-state index is 0.0952. The minimum Gasteiger partial charge on any atom is -0.481 e. The SMILES string of the molecule is O=C(O)CCNC(=O)NCc1ccnc(OC2CCCCC2)c1. The zero-order valence-electron chi connectivity index (χ0n) is 13.1. The van der Waals surface area contributed by atoms with Crippen LogP contribution in [0.5, 0.6) is 5.88 Å². The first kappa shape index (κ1) is 17.1. The van der Waals surface area contributed by atoms with E-state index in [1.807, 2.05) is 12.1 Å². The summed E-state index contributed by atoms with van der Waals surface area (Å²) < 4.78 is 5.89. The molecule has 3 N–H and O–H groups in total. The molecule has 0 aromatic carbocycles. The summed E-state index contributed by atoms with van der Waals surface area (Å²) in [6.45, 7) is 0.440. The Morgan fingerprint density at radius 3 is 2.78 bits per heavy atom. The zero-order valence-corrected chi connectivity index (χ0v) is 13.1. The molecule has 1 aliphatic carbocycles. The van der Waals surface area contributed by atoms with Gasteiger partial charge >= 0.3 is 12.0 Å². The topological polar surface area (TPSA) is 101 Å². The van der Waals surface area contributed by atoms with Crippen molar-refractivity contribution in [3.63, 3.8) is 0 Å². The van der Waals surface area contributed by atoms with Crippen molar-refractivity contribution in [3.05, 3.63) is 23.9 Å². The first-order valence-electron chi connectivity index (χ1n) is 7.98. The maximum atomic E-state index is 11.5. The van der Waals surface area contributed by atoms with Crippen LogP contribution in [0.2, 0.25) is 0 Å². The Balaban J connectivity index is 1.75. The molecule has 2 amide bonds. The molecule has 23 heavy (non-hydrogen) atoms. The summed E-state index contributed by atoms with van der Waals surface area (Å²) in [6.07, 6.45) is 7.60. The fraction of sp³-hybridized carbons (Fsp3) is 0.562. The van der Waals surface area contributed by atoms with Gasteiger partial charge in [0.1, 0.15) is 6.10 Å². The Morgan fingerprint density at radius 1 is 1.26 bits per heavy atom. The van der Waals surface area contributed by atoms with Gasteiger partial charge in [0.2, 0.25) is 5.88 Å². The largest absolute Gasteiger partial charge is 0.481 e. The number of nitrogens with one attached hydrogen (secondary N) is 2. The third kappa shape index (κ3) is 6.54. The molecule has 1 fully saturated rings. The van der Waals surface area contributed by atoms with Gasteiger partial charge in [-0.3, -0.25) is 4.79 Å². The van der Waals surface area contributed by atoms with Gasteiger partial charge < -0.3 is 20.5 Å². The van der Waals surface area contributed by atoms with Crippen molar-refractivity contribution in [3.8, 4) is 5.88 Å². The molecule has 1 aromatic heterocycles. The second-order valence-electron chi connectivity index (χ2n) is 5.63. The molecule has 0 spiro atoms. The highest BCUT2D eigenvalue weighted by atomic mass is 16.5. The molecule has 1 aromatic rings. The van der Waals surface area contributed by atoms with E-state index in [4.69, 9.17) is 9.84 Å². The molecule has 0 saturated heterocycles. The van der Waals surface area contributed by atoms with Crippen LogP contribution in [-0.2, 0) is 11.3 Å². The van der Waals surface area contributed by atoms with Crippen LogP contribution in [0.15, 0.2) is 18.3 Å². The van der Waals surface area contributed by atoms with Crippen molar-refractivity contribution in [1.82, 2.24) is 15.6 Å². The number of carbonyl (C=O) groups excluding carboxylic acids is 1. The van der Waals surface area contributed by atoms with Crippen molar-refractivity contribution in [2.24, 2.45) is 0 Å². The quantitative estimate of drug-likeness (QED) is 0.714. The van der Waals surface area contributed by atoms with E-state index in [2.05, 4.69) is 15.6 Å². The summed E-state index contributed by atoms with van der Waals surface area (Å²) in [5.41, 5.74) is 0.888. The number of aliphatic carboxylic acids is 1. The van der Waals surface area contributed by atoms with Crippen LogP contribution < -0.4 is 15.4 Å². The second-order valence-corrected chi connectivity index (χ2v) is 5.63. The smallest absolute Gasteiger partial charge is 0.315 e. The monoisotopic (exact) mass is 321 g/mol. The summed E-state index contributed by atoms with van der Waals surface area (Å²) in [5, 5.41) is 13.7. The number of ether oxygens (including phenoxy) is 1. The molecular formula is C16H23N3O4. The van der Waals surface area contributed by atoms with Crippen LogP contribution in [0.1, 0.15) is 44.1 Å². The number of hydrogen-bond donors (Lipinski definition) is 3. The number of pyridine rings is 1. The van der Waals surface area contributed by atoms with Crippen LogP contribution in [0.25, 0.3) is 0 Å². The number of carboxylic acid groups (broad SMARTS) is 1. The number of aromatic nitrogens is 1. The van der Waals surface area contributed by atoms with Crippen molar-refractivity contribution >= 4 is 12.0 Å². The molecule has 0 unspecified atom stereocenters. The highest BCUT2D eigenvalue weighted by Crippen LogP contribution is 2.22. The lowest BCUT2D eigenvalue weighted by Crippen LogP contribution is -2.36. The maximum absolute atomic E-state index is 11.5. The summed E-state index contributed by atoms with van der Waals surface area (Å²) in [6, 6.07) is 3.25. The number of amides is 2. The lowest BCUT2D eigenvalue weighted by Gasteiger charge is -2.22. The third-order valence-corrected chi connectivity index (χ3v) is 3.72. The lowest BCUT2D eigenvalue weighted by molar-refractivity contribution is -0.136. The molecular weight excluding hydrogens is 298 g/mol. The Hall–Kier alpha value is -2.31. The van der Waals surface area contributed by atoms with Crippen LogP contribution in [0.3, 0.4) is 0 Å². The number of carbonyl (C=O) groups is 2. The first-order chi connectivity index (χ1) is 11.1. The number of rotatable bonds is 7. The standard InChI is InChI=1S/C16H23N3O4/c20-15(21)7-9-18-16(22)19-11-12-6-8-17-14(10-12)23-13-4-2-1-3-5-13/h6,8,10,13H,1-5,7,9,11H2,(H,20,21)(H2,18,19,22). The van der Waals surface area contributed by atoms with E-state index in [-0.39, 0.29) is 19.1 Å². The molecule has 1 aliphatic rings. The average molecular weight is 321 g/mol. The molecule has 0 bridgehead atoms. The summed E-state index contributed by atoms with van der Waals surface area (Å²) >= 11 is 0. The third-order valence-electron chi connectivity index (χ3n) is 3.72. The van der Waals surface area contributed by atoms with Gasteiger partial charge in [0.15, 0.2) is 0 Å². The maximum Gasteiger partial charge on any atom is 0.315 e. The van der Waals surface area contributed by atoms with E-state index < -0.39 is 12.0 Å². The van der Waals surface area contributed by atoms with Crippen LogP contribution in [-0.4, -0.2) is 34.7 Å². The highest BCUT2D eigenvalue weighted by molar-refractivity contribution is 5.74.